The third-order valence-corrected chi connectivity index (χ3v) is 5.00. The Bertz CT molecular complexity index is 1290. The minimum atomic E-state index is -0.620. The van der Waals surface area contributed by atoms with Gasteiger partial charge in [-0.25, -0.2) is 4.79 Å². The number of esters is 1. The van der Waals surface area contributed by atoms with Crippen LogP contribution in [0.25, 0.3) is 6.08 Å². The molecule has 0 fully saturated rings. The summed E-state index contributed by atoms with van der Waals surface area (Å²) in [6.07, 6.45) is 3.07. The average Bonchev–Trinajstić information content (AvgIpc) is 3.21. The summed E-state index contributed by atoms with van der Waals surface area (Å²) >= 11 is 0. The summed E-state index contributed by atoms with van der Waals surface area (Å²) in [5.41, 5.74) is 0.845. The Balaban J connectivity index is 1.57. The lowest BCUT2D eigenvalue weighted by molar-refractivity contribution is -0.114. The highest BCUT2D eigenvalue weighted by Gasteiger charge is 2.34. The SMILES string of the molecule is COc1ccc(C(=O)Oc2ccc(/C=C3/C(=N)N4OC(C)=CC4=NC3=O)cc2OC)cc1OC. The van der Waals surface area contributed by atoms with Crippen molar-refractivity contribution in [2.24, 2.45) is 4.99 Å². The normalized spacial score (nSPS) is 15.9. The van der Waals surface area contributed by atoms with Gasteiger partial charge in [0.05, 0.1) is 32.5 Å². The second-order valence-corrected chi connectivity index (χ2v) is 7.19. The Morgan fingerprint density at radius 2 is 1.68 bits per heavy atom. The van der Waals surface area contributed by atoms with E-state index in [1.54, 1.807) is 37.3 Å². The van der Waals surface area contributed by atoms with E-state index in [1.807, 2.05) is 0 Å². The smallest absolute Gasteiger partial charge is 0.343 e. The first-order chi connectivity index (χ1) is 16.3. The van der Waals surface area contributed by atoms with Crippen LogP contribution in [0.4, 0.5) is 0 Å². The summed E-state index contributed by atoms with van der Waals surface area (Å²) in [5.74, 6) is 0.793. The van der Waals surface area contributed by atoms with Crippen molar-refractivity contribution in [3.63, 3.8) is 0 Å². The zero-order valence-electron chi connectivity index (χ0n) is 18.9. The van der Waals surface area contributed by atoms with Crippen LogP contribution in [-0.4, -0.2) is 49.9 Å². The number of nitrogens with one attached hydrogen (secondary N) is 1. The summed E-state index contributed by atoms with van der Waals surface area (Å²) < 4.78 is 21.3. The average molecular weight is 463 g/mol. The highest BCUT2D eigenvalue weighted by molar-refractivity contribution is 6.32. The van der Waals surface area contributed by atoms with Crippen molar-refractivity contribution in [2.75, 3.05) is 21.3 Å². The second-order valence-electron chi connectivity index (χ2n) is 7.19. The maximum absolute atomic E-state index is 12.7. The molecule has 174 valence electrons. The molecule has 0 radical (unpaired) electrons. The van der Waals surface area contributed by atoms with E-state index >= 15 is 0 Å². The molecule has 34 heavy (non-hydrogen) atoms. The first kappa shape index (κ1) is 22.6. The van der Waals surface area contributed by atoms with E-state index in [0.29, 0.717) is 22.8 Å². The van der Waals surface area contributed by atoms with Gasteiger partial charge < -0.3 is 23.8 Å². The summed E-state index contributed by atoms with van der Waals surface area (Å²) in [6, 6.07) is 9.42. The van der Waals surface area contributed by atoms with Crippen molar-refractivity contribution in [3.8, 4) is 23.0 Å². The number of ether oxygens (including phenoxy) is 4. The van der Waals surface area contributed by atoms with E-state index in [0.717, 1.165) is 0 Å². The number of allylic oxidation sites excluding steroid dienone is 1. The molecule has 0 bridgehead atoms. The topological polar surface area (TPSA) is 120 Å². The van der Waals surface area contributed by atoms with Crippen molar-refractivity contribution in [1.29, 1.82) is 5.41 Å². The van der Waals surface area contributed by atoms with Crippen LogP contribution in [0.5, 0.6) is 23.0 Å². The number of amidine groups is 2. The van der Waals surface area contributed by atoms with Gasteiger partial charge >= 0.3 is 5.97 Å². The number of rotatable bonds is 6. The largest absolute Gasteiger partial charge is 0.493 e. The summed E-state index contributed by atoms with van der Waals surface area (Å²) in [7, 11) is 4.40. The molecule has 1 amide bonds. The molecule has 2 heterocycles. The van der Waals surface area contributed by atoms with Crippen LogP contribution in [0.15, 0.2) is 58.8 Å². The van der Waals surface area contributed by atoms with Gasteiger partial charge in [0.1, 0.15) is 5.76 Å². The van der Waals surface area contributed by atoms with E-state index in [2.05, 4.69) is 4.99 Å². The molecule has 4 rings (SSSR count). The van der Waals surface area contributed by atoms with Gasteiger partial charge in [0, 0.05) is 6.08 Å². The van der Waals surface area contributed by atoms with Crippen molar-refractivity contribution in [1.82, 2.24) is 5.06 Å². The fraction of sp³-hybridized carbons (Fsp3) is 0.167. The Hall–Kier alpha value is -4.60. The zero-order valence-corrected chi connectivity index (χ0v) is 18.9. The Labute approximate surface area is 195 Å². The van der Waals surface area contributed by atoms with Crippen molar-refractivity contribution in [3.05, 3.63) is 64.9 Å². The molecule has 0 spiro atoms. The fourth-order valence-corrected chi connectivity index (χ4v) is 3.35. The van der Waals surface area contributed by atoms with Gasteiger partial charge in [-0.05, 0) is 48.9 Å². The van der Waals surface area contributed by atoms with E-state index in [9.17, 15) is 9.59 Å². The number of carbonyl (C=O) groups is 2. The third kappa shape index (κ3) is 4.20. The van der Waals surface area contributed by atoms with Crippen LogP contribution < -0.4 is 18.9 Å². The minimum absolute atomic E-state index is 0.0453. The maximum atomic E-state index is 12.7. The quantitative estimate of drug-likeness (QED) is 0.393. The van der Waals surface area contributed by atoms with Crippen LogP contribution in [0.1, 0.15) is 22.8 Å². The molecule has 10 nitrogen and oxygen atoms in total. The predicted molar refractivity (Wildman–Crippen MR) is 122 cm³/mol. The third-order valence-electron chi connectivity index (χ3n) is 5.00. The number of amides is 1. The van der Waals surface area contributed by atoms with Gasteiger partial charge in [-0.3, -0.25) is 10.2 Å². The Kier molecular flexibility index (Phi) is 6.05. The molecule has 0 aliphatic carbocycles. The monoisotopic (exact) mass is 463 g/mol. The standard InChI is InChI=1S/C24H21N3O7/c1-13-9-21-26-23(28)16(22(25)27(21)34-13)10-14-5-7-18(19(11-14)31-3)33-24(29)15-6-8-17(30-2)20(12-15)32-4/h5-12,25H,1-4H3/b16-10-,25-22?. The van der Waals surface area contributed by atoms with Crippen LogP contribution in [0.3, 0.4) is 0 Å². The van der Waals surface area contributed by atoms with Crippen molar-refractivity contribution < 1.29 is 33.4 Å². The van der Waals surface area contributed by atoms with Gasteiger partial charge in [0.25, 0.3) is 5.91 Å². The number of benzene rings is 2. The minimum Gasteiger partial charge on any atom is -0.493 e. The molecule has 0 saturated carbocycles. The fourth-order valence-electron chi connectivity index (χ4n) is 3.35. The maximum Gasteiger partial charge on any atom is 0.343 e. The van der Waals surface area contributed by atoms with Crippen LogP contribution in [0, 0.1) is 5.41 Å². The molecule has 2 aliphatic heterocycles. The van der Waals surface area contributed by atoms with Crippen LogP contribution in [-0.2, 0) is 9.63 Å². The summed E-state index contributed by atoms with van der Waals surface area (Å²) in [5, 5.41) is 9.49. The molecule has 0 unspecified atom stereocenters. The van der Waals surface area contributed by atoms with E-state index in [4.69, 9.17) is 29.2 Å². The van der Waals surface area contributed by atoms with Gasteiger partial charge in [-0.2, -0.15) is 4.99 Å². The molecular weight excluding hydrogens is 442 g/mol. The lowest BCUT2D eigenvalue weighted by atomic mass is 10.1. The van der Waals surface area contributed by atoms with E-state index < -0.39 is 11.9 Å². The predicted octanol–water partition coefficient (Wildman–Crippen LogP) is 3.38. The molecule has 10 heteroatoms. The molecule has 0 atom stereocenters. The van der Waals surface area contributed by atoms with E-state index in [1.165, 1.54) is 44.6 Å². The summed E-state index contributed by atoms with van der Waals surface area (Å²) in [6.45, 7) is 1.70. The molecule has 0 saturated heterocycles. The first-order valence-electron chi connectivity index (χ1n) is 10.1. The Morgan fingerprint density at radius 1 is 1.00 bits per heavy atom. The van der Waals surface area contributed by atoms with Crippen molar-refractivity contribution >= 4 is 29.6 Å². The number of carbonyl (C=O) groups excluding carboxylic acids is 2. The Morgan fingerprint density at radius 3 is 2.38 bits per heavy atom. The molecular formula is C24H21N3O7. The highest BCUT2D eigenvalue weighted by Crippen LogP contribution is 2.32. The molecule has 2 aromatic carbocycles. The molecule has 0 aromatic heterocycles. The second kappa shape index (κ2) is 9.10. The van der Waals surface area contributed by atoms with E-state index in [-0.39, 0.29) is 34.3 Å². The summed E-state index contributed by atoms with van der Waals surface area (Å²) in [4.78, 5) is 34.5. The molecule has 1 N–H and O–H groups in total. The number of hydroxylamine groups is 2. The lowest BCUT2D eigenvalue weighted by Crippen LogP contribution is -2.38. The number of fused-ring (bicyclic) bond motifs is 1. The molecule has 2 aliphatic rings. The highest BCUT2D eigenvalue weighted by atomic mass is 16.7. The zero-order chi connectivity index (χ0) is 24.4. The van der Waals surface area contributed by atoms with Crippen molar-refractivity contribution in [2.45, 2.75) is 6.92 Å². The number of nitrogens with zero attached hydrogens (tertiary/aromatic N) is 2. The lowest BCUT2D eigenvalue weighted by Gasteiger charge is -2.23. The van der Waals surface area contributed by atoms with Crippen LogP contribution in [0.2, 0.25) is 0 Å². The number of methoxy groups -OCH3 is 3. The van der Waals surface area contributed by atoms with Gasteiger partial charge in [0.15, 0.2) is 34.7 Å². The number of hydrogen-bond acceptors (Lipinski definition) is 8. The van der Waals surface area contributed by atoms with Gasteiger partial charge in [-0.15, -0.1) is 5.06 Å². The number of hydrogen-bond donors (Lipinski definition) is 1. The first-order valence-corrected chi connectivity index (χ1v) is 10.1. The van der Waals surface area contributed by atoms with Crippen LogP contribution >= 0.6 is 0 Å². The van der Waals surface area contributed by atoms with Gasteiger partial charge in [0.2, 0.25) is 0 Å². The number of aliphatic imine (C=N–C) groups is 1. The van der Waals surface area contributed by atoms with Gasteiger partial charge in [-0.1, -0.05) is 6.07 Å². The molecule has 2 aromatic rings.